The van der Waals surface area contributed by atoms with Gasteiger partial charge >= 0.3 is 5.97 Å². The first-order valence-electron chi connectivity index (χ1n) is 13.1. The molecule has 2 aliphatic rings. The van der Waals surface area contributed by atoms with Crippen LogP contribution < -0.4 is 33.8 Å². The Morgan fingerprint density at radius 3 is 2.48 bits per heavy atom. The molecule has 1 aromatic heterocycles. The first-order chi connectivity index (χ1) is 20.4. The molecule has 10 nitrogen and oxygen atoms in total. The molecule has 0 unspecified atom stereocenters. The number of rotatable bonds is 7. The Labute approximate surface area is 244 Å². The van der Waals surface area contributed by atoms with Crippen molar-refractivity contribution in [2.75, 3.05) is 27.6 Å². The van der Waals surface area contributed by atoms with E-state index in [1.165, 1.54) is 30.1 Å². The molecular weight excluding hydrogens is 560 g/mol. The molecule has 2 aliphatic heterocycles. The van der Waals surface area contributed by atoms with E-state index < -0.39 is 12.0 Å². The molecule has 3 heterocycles. The van der Waals surface area contributed by atoms with Gasteiger partial charge in [-0.05, 0) is 48.4 Å². The topological polar surface area (TPSA) is 118 Å². The molecule has 3 aromatic carbocycles. The van der Waals surface area contributed by atoms with E-state index >= 15 is 0 Å². The summed E-state index contributed by atoms with van der Waals surface area (Å²) in [4.78, 5) is 33.0. The van der Waals surface area contributed by atoms with Crippen LogP contribution in [-0.2, 0) is 9.53 Å². The molecule has 0 radical (unpaired) electrons. The summed E-state index contributed by atoms with van der Waals surface area (Å²) in [6, 6.07) is 17.0. The van der Waals surface area contributed by atoms with Crippen LogP contribution in [0, 0.1) is 0 Å². The fourth-order valence-electron chi connectivity index (χ4n) is 4.99. The lowest BCUT2D eigenvalue weighted by Gasteiger charge is -2.26. The number of hydrogen-bond donors (Lipinski definition) is 1. The van der Waals surface area contributed by atoms with Crippen LogP contribution >= 0.6 is 11.3 Å². The van der Waals surface area contributed by atoms with E-state index in [0.717, 1.165) is 0 Å². The van der Waals surface area contributed by atoms with Crippen molar-refractivity contribution in [2.24, 2.45) is 4.99 Å². The van der Waals surface area contributed by atoms with Crippen LogP contribution in [0.2, 0.25) is 0 Å². The number of carbonyl (C=O) groups excluding carboxylic acids is 1. The zero-order chi connectivity index (χ0) is 29.4. The van der Waals surface area contributed by atoms with Crippen LogP contribution in [0.1, 0.15) is 29.7 Å². The van der Waals surface area contributed by atoms with E-state index in [9.17, 15) is 14.7 Å². The highest BCUT2D eigenvalue weighted by molar-refractivity contribution is 7.07. The molecule has 0 spiro atoms. The van der Waals surface area contributed by atoms with Gasteiger partial charge in [0.15, 0.2) is 27.8 Å². The number of fused-ring (bicyclic) bond motifs is 2. The van der Waals surface area contributed by atoms with Gasteiger partial charge in [0.25, 0.3) is 5.56 Å². The second-order valence-electron chi connectivity index (χ2n) is 9.32. The number of phenols is 1. The number of nitrogens with zero attached hydrogens (tertiary/aromatic N) is 2. The zero-order valence-electron chi connectivity index (χ0n) is 23.0. The Bertz CT molecular complexity index is 1880. The lowest BCUT2D eigenvalue weighted by Crippen LogP contribution is -2.40. The summed E-state index contributed by atoms with van der Waals surface area (Å²) in [6.45, 7) is 1.95. The number of carbonyl (C=O) groups is 1. The fourth-order valence-corrected chi connectivity index (χ4v) is 5.99. The fraction of sp³-hybridized carbons (Fsp3) is 0.194. The second-order valence-corrected chi connectivity index (χ2v) is 10.3. The number of hydrogen-bond acceptors (Lipinski definition) is 10. The standard InChI is InChI=1S/C31H26N2O8S/c1-4-39-30(36)25-26(18-8-6-5-7-9-18)32-31-33(27(25)19-10-11-20-21(15-19)41-16-40-20)29(35)24(42-31)14-17-12-22(37-2)28(34)23(13-17)38-3/h5-15,27,34H,4,16H2,1-3H3/b24-14-/t27-/m1/s1. The first-order valence-corrected chi connectivity index (χ1v) is 13.9. The van der Waals surface area contributed by atoms with Crippen molar-refractivity contribution in [1.29, 1.82) is 0 Å². The summed E-state index contributed by atoms with van der Waals surface area (Å²) >= 11 is 1.18. The van der Waals surface area contributed by atoms with Crippen LogP contribution in [0.5, 0.6) is 28.7 Å². The summed E-state index contributed by atoms with van der Waals surface area (Å²) in [5, 5.41) is 10.3. The third-order valence-corrected chi connectivity index (χ3v) is 7.87. The summed E-state index contributed by atoms with van der Waals surface area (Å²) in [5.74, 6) is 0.758. The number of methoxy groups -OCH3 is 2. The lowest BCUT2D eigenvalue weighted by molar-refractivity contribution is -0.138. The molecule has 1 N–H and O–H groups in total. The molecule has 6 rings (SSSR count). The van der Waals surface area contributed by atoms with E-state index in [0.29, 0.717) is 43.2 Å². The number of benzene rings is 3. The average molecular weight is 587 g/mol. The van der Waals surface area contributed by atoms with Gasteiger partial charge in [-0.1, -0.05) is 47.7 Å². The van der Waals surface area contributed by atoms with Gasteiger partial charge < -0.3 is 28.8 Å². The van der Waals surface area contributed by atoms with Crippen LogP contribution in [0.3, 0.4) is 0 Å². The van der Waals surface area contributed by atoms with Gasteiger partial charge in [-0.3, -0.25) is 9.36 Å². The Balaban J connectivity index is 1.63. The van der Waals surface area contributed by atoms with Crippen molar-refractivity contribution in [3.63, 3.8) is 0 Å². The molecule has 0 amide bonds. The van der Waals surface area contributed by atoms with E-state index in [-0.39, 0.29) is 41.8 Å². The highest BCUT2D eigenvalue weighted by Crippen LogP contribution is 2.40. The molecule has 214 valence electrons. The Morgan fingerprint density at radius 1 is 1.07 bits per heavy atom. The molecule has 11 heteroatoms. The highest BCUT2D eigenvalue weighted by atomic mass is 32.1. The molecular formula is C31H26N2O8S. The molecule has 42 heavy (non-hydrogen) atoms. The van der Waals surface area contributed by atoms with Crippen molar-refractivity contribution in [3.8, 4) is 28.7 Å². The van der Waals surface area contributed by atoms with E-state index in [4.69, 9.17) is 28.7 Å². The van der Waals surface area contributed by atoms with E-state index in [1.54, 1.807) is 43.3 Å². The minimum atomic E-state index is -0.865. The predicted molar refractivity (Wildman–Crippen MR) is 155 cm³/mol. The molecule has 4 aromatic rings. The molecule has 0 fully saturated rings. The van der Waals surface area contributed by atoms with Gasteiger partial charge in [-0.2, -0.15) is 0 Å². The monoisotopic (exact) mass is 586 g/mol. The molecule has 0 aliphatic carbocycles. The normalized spacial score (nSPS) is 15.7. The maximum atomic E-state index is 14.1. The minimum Gasteiger partial charge on any atom is -0.502 e. The lowest BCUT2D eigenvalue weighted by atomic mass is 9.93. The van der Waals surface area contributed by atoms with Crippen LogP contribution in [0.4, 0.5) is 0 Å². The summed E-state index contributed by atoms with van der Waals surface area (Å²) in [6.07, 6.45) is 1.67. The second kappa shape index (κ2) is 11.1. The number of ether oxygens (including phenoxy) is 5. The third kappa shape index (κ3) is 4.67. The number of esters is 1. The predicted octanol–water partition coefficient (Wildman–Crippen LogP) is 3.39. The quantitative estimate of drug-likeness (QED) is 0.328. The molecule has 0 bridgehead atoms. The summed E-state index contributed by atoms with van der Waals surface area (Å²) in [5.41, 5.74) is 2.19. The van der Waals surface area contributed by atoms with Gasteiger partial charge in [-0.25, -0.2) is 9.79 Å². The Kier molecular flexibility index (Phi) is 7.17. The molecule has 0 saturated heterocycles. The van der Waals surface area contributed by atoms with Gasteiger partial charge in [0.05, 0.1) is 42.7 Å². The average Bonchev–Trinajstić information content (AvgIpc) is 3.61. The molecule has 1 atom stereocenters. The smallest absolute Gasteiger partial charge is 0.338 e. The maximum absolute atomic E-state index is 14.1. The number of thiazole rings is 1. The number of aromatic nitrogens is 1. The Hall–Kier alpha value is -5.03. The largest absolute Gasteiger partial charge is 0.502 e. The van der Waals surface area contributed by atoms with Crippen molar-refractivity contribution in [3.05, 3.63) is 103 Å². The SMILES string of the molecule is CCOC(=O)C1=C(c2ccccc2)N=c2s/c(=C\c3cc(OC)c(O)c(OC)c3)c(=O)n2[C@@H]1c1ccc2c(c1)OCO2. The van der Waals surface area contributed by atoms with Crippen molar-refractivity contribution >= 4 is 29.1 Å². The van der Waals surface area contributed by atoms with Gasteiger partial charge in [0.1, 0.15) is 0 Å². The van der Waals surface area contributed by atoms with Gasteiger partial charge in [-0.15, -0.1) is 0 Å². The van der Waals surface area contributed by atoms with Gasteiger partial charge in [0, 0.05) is 5.56 Å². The maximum Gasteiger partial charge on any atom is 0.338 e. The van der Waals surface area contributed by atoms with E-state index in [1.807, 2.05) is 30.3 Å². The third-order valence-electron chi connectivity index (χ3n) is 6.89. The summed E-state index contributed by atoms with van der Waals surface area (Å²) in [7, 11) is 2.86. The minimum absolute atomic E-state index is 0.0803. The van der Waals surface area contributed by atoms with Crippen LogP contribution in [0.15, 0.2) is 76.0 Å². The van der Waals surface area contributed by atoms with Gasteiger partial charge in [0.2, 0.25) is 12.5 Å². The number of aromatic hydroxyl groups is 1. The van der Waals surface area contributed by atoms with Crippen LogP contribution in [0.25, 0.3) is 11.8 Å². The molecule has 0 saturated carbocycles. The number of phenolic OH excluding ortho intramolecular Hbond substituents is 1. The van der Waals surface area contributed by atoms with Crippen molar-refractivity contribution in [2.45, 2.75) is 13.0 Å². The first kappa shape index (κ1) is 27.2. The van der Waals surface area contributed by atoms with Crippen molar-refractivity contribution < 1.29 is 33.6 Å². The van der Waals surface area contributed by atoms with E-state index in [2.05, 4.69) is 0 Å². The van der Waals surface area contributed by atoms with Crippen LogP contribution in [-0.4, -0.2) is 43.3 Å². The summed E-state index contributed by atoms with van der Waals surface area (Å²) < 4.78 is 29.1. The zero-order valence-corrected chi connectivity index (χ0v) is 23.8. The Morgan fingerprint density at radius 2 is 1.79 bits per heavy atom. The van der Waals surface area contributed by atoms with Crippen molar-refractivity contribution in [1.82, 2.24) is 4.57 Å². The highest BCUT2D eigenvalue weighted by Gasteiger charge is 2.36.